The highest BCUT2D eigenvalue weighted by atomic mass is 17.2. The maximum atomic E-state index is 11.9. The van der Waals surface area contributed by atoms with Crippen LogP contribution in [0.4, 0.5) is 0 Å². The fourth-order valence-electron chi connectivity index (χ4n) is 3.86. The van der Waals surface area contributed by atoms with E-state index in [0.29, 0.717) is 25.5 Å². The Morgan fingerprint density at radius 2 is 2.00 bits per heavy atom. The predicted molar refractivity (Wildman–Crippen MR) is 73.0 cm³/mol. The molecular formula is C15H24O6. The highest BCUT2D eigenvalue weighted by molar-refractivity contribution is 5.73. The fourth-order valence-corrected chi connectivity index (χ4v) is 3.86. The molecule has 0 bridgehead atoms. The molecule has 1 aliphatic heterocycles. The van der Waals surface area contributed by atoms with Crippen molar-refractivity contribution in [2.24, 2.45) is 23.7 Å². The van der Waals surface area contributed by atoms with Gasteiger partial charge in [0, 0.05) is 18.3 Å². The highest BCUT2D eigenvalue weighted by Crippen LogP contribution is 2.50. The number of carbonyl (C=O) groups excluding carboxylic acids is 1. The van der Waals surface area contributed by atoms with Crippen molar-refractivity contribution in [1.82, 2.24) is 0 Å². The first-order chi connectivity index (χ1) is 9.73. The molecule has 2 aliphatic rings. The maximum absolute atomic E-state index is 11.9. The molecule has 0 aromatic carbocycles. The van der Waals surface area contributed by atoms with Crippen molar-refractivity contribution < 1.29 is 29.6 Å². The molecule has 21 heavy (non-hydrogen) atoms. The van der Waals surface area contributed by atoms with Gasteiger partial charge in [-0.25, -0.2) is 9.78 Å². The van der Waals surface area contributed by atoms with Gasteiger partial charge in [-0.05, 0) is 32.1 Å². The Morgan fingerprint density at radius 3 is 2.57 bits per heavy atom. The van der Waals surface area contributed by atoms with Gasteiger partial charge >= 0.3 is 5.97 Å². The minimum absolute atomic E-state index is 0.149. The predicted octanol–water partition coefficient (Wildman–Crippen LogP) is 1.76. The molecule has 2 fully saturated rings. The zero-order valence-electron chi connectivity index (χ0n) is 12.7. The Labute approximate surface area is 124 Å². The number of aliphatic carboxylic acids is 1. The summed E-state index contributed by atoms with van der Waals surface area (Å²) in [4.78, 5) is 33.8. The first kappa shape index (κ1) is 16.4. The lowest BCUT2D eigenvalue weighted by molar-refractivity contribution is -0.451. The highest BCUT2D eigenvalue weighted by Gasteiger charge is 2.57. The lowest BCUT2D eigenvalue weighted by Gasteiger charge is -2.47. The smallest absolute Gasteiger partial charge is 0.306 e. The minimum atomic E-state index is -1.45. The van der Waals surface area contributed by atoms with Gasteiger partial charge in [-0.15, -0.1) is 0 Å². The van der Waals surface area contributed by atoms with Gasteiger partial charge in [0.1, 0.15) is 0 Å². The van der Waals surface area contributed by atoms with E-state index in [-0.39, 0.29) is 11.8 Å². The number of hydrogen-bond acceptors (Lipinski definition) is 5. The van der Waals surface area contributed by atoms with Gasteiger partial charge in [-0.3, -0.25) is 9.59 Å². The zero-order valence-corrected chi connectivity index (χ0v) is 12.7. The third-order valence-electron chi connectivity index (χ3n) is 5.24. The molecule has 6 heteroatoms. The Morgan fingerprint density at radius 1 is 1.33 bits per heavy atom. The minimum Gasteiger partial charge on any atom is -0.481 e. The molecule has 1 saturated carbocycles. The number of aldehydes is 1. The van der Waals surface area contributed by atoms with E-state index in [1.807, 2.05) is 6.92 Å². The van der Waals surface area contributed by atoms with Crippen molar-refractivity contribution in [1.29, 1.82) is 0 Å². The first-order valence-corrected chi connectivity index (χ1v) is 7.52. The molecular weight excluding hydrogens is 276 g/mol. The van der Waals surface area contributed by atoms with Crippen molar-refractivity contribution in [3.05, 3.63) is 0 Å². The van der Waals surface area contributed by atoms with Gasteiger partial charge in [-0.1, -0.05) is 13.8 Å². The van der Waals surface area contributed by atoms with Crippen LogP contribution in [-0.2, 0) is 19.4 Å². The van der Waals surface area contributed by atoms with Gasteiger partial charge in [0.2, 0.25) is 0 Å². The van der Waals surface area contributed by atoms with E-state index in [9.17, 15) is 19.8 Å². The topological polar surface area (TPSA) is 93.1 Å². The molecule has 0 aromatic rings. The van der Waals surface area contributed by atoms with Crippen LogP contribution in [-0.4, -0.2) is 33.9 Å². The molecule has 0 spiro atoms. The Balaban J connectivity index is 2.41. The van der Waals surface area contributed by atoms with Crippen LogP contribution >= 0.6 is 0 Å². The van der Waals surface area contributed by atoms with E-state index in [0.717, 1.165) is 6.42 Å². The Kier molecular flexibility index (Phi) is 4.42. The standard InChI is InChI=1S/C15H24O6/c1-9-4-5-12(10(2)13(17)18)15(8-16)11(9)6-7-14(3,19)20-21-15/h8-12,19H,4-7H2,1-3H3,(H,17,18)/t9-,10-,11+,12?,14?,15?/m1/s1. The van der Waals surface area contributed by atoms with Crippen molar-refractivity contribution in [2.45, 2.75) is 57.8 Å². The molecule has 6 atom stereocenters. The summed E-state index contributed by atoms with van der Waals surface area (Å²) in [6.07, 6.45) is 3.05. The van der Waals surface area contributed by atoms with E-state index in [4.69, 9.17) is 9.78 Å². The summed E-state index contributed by atoms with van der Waals surface area (Å²) < 4.78 is 0. The summed E-state index contributed by atoms with van der Waals surface area (Å²) >= 11 is 0. The van der Waals surface area contributed by atoms with Gasteiger partial charge in [-0.2, -0.15) is 0 Å². The van der Waals surface area contributed by atoms with E-state index in [1.54, 1.807) is 6.92 Å². The van der Waals surface area contributed by atoms with Crippen LogP contribution in [0, 0.1) is 23.7 Å². The third-order valence-corrected chi connectivity index (χ3v) is 5.24. The molecule has 0 aromatic heterocycles. The zero-order chi connectivity index (χ0) is 15.8. The number of carbonyl (C=O) groups is 2. The Bertz CT molecular complexity index is 420. The van der Waals surface area contributed by atoms with Gasteiger partial charge in [0.15, 0.2) is 17.7 Å². The molecule has 1 heterocycles. The van der Waals surface area contributed by atoms with Crippen LogP contribution in [0.1, 0.15) is 46.5 Å². The van der Waals surface area contributed by atoms with Crippen molar-refractivity contribution in [2.75, 3.05) is 0 Å². The molecule has 0 amide bonds. The SMILES string of the molecule is C[C@@H]1CCC([C@@H](C)C(=O)O)C2(C=O)OOC(C)(O)CC[C@@H]12. The summed E-state index contributed by atoms with van der Waals surface area (Å²) in [5.74, 6) is -3.51. The second kappa shape index (κ2) is 5.66. The van der Waals surface area contributed by atoms with Gasteiger partial charge < -0.3 is 10.2 Å². The third kappa shape index (κ3) is 2.84. The first-order valence-electron chi connectivity index (χ1n) is 7.52. The van der Waals surface area contributed by atoms with E-state index in [1.165, 1.54) is 6.92 Å². The molecule has 1 saturated heterocycles. The largest absolute Gasteiger partial charge is 0.481 e. The summed E-state index contributed by atoms with van der Waals surface area (Å²) in [6.45, 7) is 5.12. The average molecular weight is 300 g/mol. The monoisotopic (exact) mass is 300 g/mol. The molecule has 6 nitrogen and oxygen atoms in total. The normalized spacial score (nSPS) is 45.2. The van der Waals surface area contributed by atoms with Gasteiger partial charge in [0.25, 0.3) is 0 Å². The van der Waals surface area contributed by atoms with Crippen molar-refractivity contribution in [3.8, 4) is 0 Å². The number of carboxylic acid groups (broad SMARTS) is 1. The Hall–Kier alpha value is -0.980. The summed E-state index contributed by atoms with van der Waals surface area (Å²) in [7, 11) is 0. The van der Waals surface area contributed by atoms with Crippen LogP contribution in [0.2, 0.25) is 0 Å². The van der Waals surface area contributed by atoms with Gasteiger partial charge in [0.05, 0.1) is 5.92 Å². The van der Waals surface area contributed by atoms with Crippen LogP contribution in [0.5, 0.6) is 0 Å². The number of aliphatic hydroxyl groups is 1. The summed E-state index contributed by atoms with van der Waals surface area (Å²) in [5.41, 5.74) is -1.30. The second-order valence-electron chi connectivity index (χ2n) is 6.75. The van der Waals surface area contributed by atoms with Crippen LogP contribution in [0.15, 0.2) is 0 Å². The number of hydrogen-bond donors (Lipinski definition) is 2. The van der Waals surface area contributed by atoms with Crippen LogP contribution in [0.3, 0.4) is 0 Å². The average Bonchev–Trinajstić information content (AvgIpc) is 2.56. The van der Waals surface area contributed by atoms with Crippen molar-refractivity contribution in [3.63, 3.8) is 0 Å². The summed E-state index contributed by atoms with van der Waals surface area (Å²) in [5, 5.41) is 19.4. The fraction of sp³-hybridized carbons (Fsp3) is 0.867. The molecule has 3 unspecified atom stereocenters. The van der Waals surface area contributed by atoms with Crippen LogP contribution < -0.4 is 0 Å². The molecule has 2 rings (SSSR count). The van der Waals surface area contributed by atoms with E-state index >= 15 is 0 Å². The maximum Gasteiger partial charge on any atom is 0.306 e. The van der Waals surface area contributed by atoms with E-state index < -0.39 is 29.2 Å². The number of carboxylic acids is 1. The van der Waals surface area contributed by atoms with Crippen molar-refractivity contribution >= 4 is 12.3 Å². The molecule has 1 aliphatic carbocycles. The second-order valence-corrected chi connectivity index (χ2v) is 6.75. The summed E-state index contributed by atoms with van der Waals surface area (Å²) in [6, 6.07) is 0. The van der Waals surface area contributed by atoms with E-state index in [2.05, 4.69) is 0 Å². The van der Waals surface area contributed by atoms with Crippen LogP contribution in [0.25, 0.3) is 0 Å². The quantitative estimate of drug-likeness (QED) is 0.609. The molecule has 120 valence electrons. The molecule has 2 N–H and O–H groups in total. The number of fused-ring (bicyclic) bond motifs is 1. The number of rotatable bonds is 3. The lowest BCUT2D eigenvalue weighted by Crippen LogP contribution is -2.56. The molecule has 0 radical (unpaired) electrons. The lowest BCUT2D eigenvalue weighted by atomic mass is 9.60.